The first-order valence-corrected chi connectivity index (χ1v) is 9.97. The van der Waals surface area contributed by atoms with Crippen LogP contribution in [0.25, 0.3) is 0 Å². The van der Waals surface area contributed by atoms with E-state index in [-0.39, 0.29) is 69.0 Å². The van der Waals surface area contributed by atoms with Crippen LogP contribution < -0.4 is 0 Å². The molecule has 0 aromatic heterocycles. The van der Waals surface area contributed by atoms with Gasteiger partial charge in [-0.25, -0.2) is 16.8 Å². The fraction of sp³-hybridized carbons (Fsp3) is 0. The van der Waals surface area contributed by atoms with Crippen molar-refractivity contribution >= 4 is 116 Å². The average molecular weight is 589 g/mol. The SMILES string of the molecule is O=S(=O)([O-])c1ccc(Cl)cc1Cl.O=S(=O)([O-])c1ccc(Cl)cc1Cl.[Ba+2]. The van der Waals surface area contributed by atoms with Gasteiger partial charge < -0.3 is 9.11 Å². The van der Waals surface area contributed by atoms with E-state index in [4.69, 9.17) is 46.4 Å². The molecular weight excluding hydrogens is 583 g/mol. The maximum Gasteiger partial charge on any atom is 2.00 e. The molecule has 2 aromatic rings. The van der Waals surface area contributed by atoms with E-state index in [0.717, 1.165) is 12.1 Å². The van der Waals surface area contributed by atoms with Crippen molar-refractivity contribution < 1.29 is 25.9 Å². The normalized spacial score (nSPS) is 11.1. The van der Waals surface area contributed by atoms with Crippen molar-refractivity contribution in [3.05, 3.63) is 56.5 Å². The zero-order valence-corrected chi connectivity index (χ0v) is 21.0. The fourth-order valence-corrected chi connectivity index (χ4v) is 3.80. The van der Waals surface area contributed by atoms with Crippen LogP contribution >= 0.6 is 46.4 Å². The topological polar surface area (TPSA) is 114 Å². The number of benzene rings is 2. The summed E-state index contributed by atoms with van der Waals surface area (Å²) in [5.41, 5.74) is 0. The van der Waals surface area contributed by atoms with Crippen LogP contribution in [0, 0.1) is 0 Å². The summed E-state index contributed by atoms with van der Waals surface area (Å²) < 4.78 is 62.9. The molecule has 25 heavy (non-hydrogen) atoms. The van der Waals surface area contributed by atoms with Crippen LogP contribution in [0.3, 0.4) is 0 Å². The van der Waals surface area contributed by atoms with Crippen molar-refractivity contribution in [3.63, 3.8) is 0 Å². The van der Waals surface area contributed by atoms with Gasteiger partial charge in [-0.15, -0.1) is 0 Å². The molecule has 2 aromatic carbocycles. The second kappa shape index (κ2) is 10.5. The minimum atomic E-state index is -4.49. The van der Waals surface area contributed by atoms with E-state index in [1.165, 1.54) is 24.3 Å². The molecule has 6 nitrogen and oxygen atoms in total. The van der Waals surface area contributed by atoms with Crippen molar-refractivity contribution in [2.24, 2.45) is 0 Å². The Morgan fingerprint density at radius 1 is 0.640 bits per heavy atom. The summed E-state index contributed by atoms with van der Waals surface area (Å²) >= 11 is 21.9. The van der Waals surface area contributed by atoms with E-state index in [0.29, 0.717) is 0 Å². The Labute approximate surface area is 205 Å². The van der Waals surface area contributed by atoms with E-state index in [1.807, 2.05) is 0 Å². The first-order valence-electron chi connectivity index (χ1n) is 5.64. The van der Waals surface area contributed by atoms with Crippen molar-refractivity contribution in [3.8, 4) is 0 Å². The van der Waals surface area contributed by atoms with E-state index < -0.39 is 30.0 Å². The second-order valence-electron chi connectivity index (χ2n) is 4.06. The third kappa shape index (κ3) is 8.69. The average Bonchev–Trinajstić information content (AvgIpc) is 2.35. The second-order valence-corrected chi connectivity index (χ2v) is 8.44. The molecule has 0 unspecified atom stereocenters. The minimum absolute atomic E-state index is 0. The molecule has 0 spiro atoms. The summed E-state index contributed by atoms with van der Waals surface area (Å²) in [5.74, 6) is 0. The molecule has 13 heteroatoms. The third-order valence-electron chi connectivity index (χ3n) is 2.33. The first kappa shape index (κ1) is 26.0. The Hall–Kier alpha value is 0.991. The number of hydrogen-bond acceptors (Lipinski definition) is 6. The van der Waals surface area contributed by atoms with E-state index in [2.05, 4.69) is 0 Å². The fourth-order valence-electron chi connectivity index (χ4n) is 1.36. The van der Waals surface area contributed by atoms with Gasteiger partial charge in [0.1, 0.15) is 20.2 Å². The van der Waals surface area contributed by atoms with E-state index in [9.17, 15) is 25.9 Å². The van der Waals surface area contributed by atoms with Crippen LogP contribution in [-0.2, 0) is 20.2 Å². The van der Waals surface area contributed by atoms with Gasteiger partial charge in [0.05, 0.1) is 19.8 Å². The van der Waals surface area contributed by atoms with Gasteiger partial charge in [0.25, 0.3) is 0 Å². The summed E-state index contributed by atoms with van der Waals surface area (Å²) in [5, 5.41) is 0.259. The van der Waals surface area contributed by atoms with Crippen LogP contribution in [0.2, 0.25) is 20.1 Å². The molecule has 0 saturated heterocycles. The van der Waals surface area contributed by atoms with Crippen LogP contribution in [0.4, 0.5) is 0 Å². The summed E-state index contributed by atoms with van der Waals surface area (Å²) in [4.78, 5) is -0.901. The van der Waals surface area contributed by atoms with Crippen molar-refractivity contribution in [1.29, 1.82) is 0 Å². The smallest absolute Gasteiger partial charge is 0.744 e. The molecule has 0 atom stereocenters. The molecule has 0 bridgehead atoms. The van der Waals surface area contributed by atoms with Crippen molar-refractivity contribution in [2.75, 3.05) is 0 Å². The van der Waals surface area contributed by atoms with Gasteiger partial charge in [0.2, 0.25) is 0 Å². The number of halogens is 4. The summed E-state index contributed by atoms with van der Waals surface area (Å²) in [6, 6.07) is 7.14. The van der Waals surface area contributed by atoms with Gasteiger partial charge in [-0.2, -0.15) is 0 Å². The first-order chi connectivity index (χ1) is 10.8. The monoisotopic (exact) mass is 588 g/mol. The van der Waals surface area contributed by atoms with Crippen molar-refractivity contribution in [2.45, 2.75) is 9.79 Å². The Morgan fingerprint density at radius 3 is 1.12 bits per heavy atom. The summed E-state index contributed by atoms with van der Waals surface area (Å²) in [6.07, 6.45) is 0. The van der Waals surface area contributed by atoms with Crippen LogP contribution in [0.15, 0.2) is 46.2 Å². The standard InChI is InChI=1S/2C6H4Cl2O3S.Ba/c2*7-4-1-2-6(5(8)3-4)12(9,10)11;/h2*1-3H,(H,9,10,11);/q;;+2/p-2. The maximum atomic E-state index is 10.5. The van der Waals surface area contributed by atoms with Gasteiger partial charge in [0.15, 0.2) is 0 Å². The molecule has 0 amide bonds. The van der Waals surface area contributed by atoms with E-state index in [1.54, 1.807) is 0 Å². The Morgan fingerprint density at radius 2 is 0.920 bits per heavy atom. The van der Waals surface area contributed by atoms with Gasteiger partial charge in [-0.05, 0) is 36.4 Å². The van der Waals surface area contributed by atoms with Gasteiger partial charge in [-0.3, -0.25) is 0 Å². The van der Waals surface area contributed by atoms with E-state index >= 15 is 0 Å². The van der Waals surface area contributed by atoms with Gasteiger partial charge >= 0.3 is 48.9 Å². The van der Waals surface area contributed by atoms with Crippen LogP contribution in [0.5, 0.6) is 0 Å². The third-order valence-corrected chi connectivity index (χ3v) is 5.44. The molecule has 0 fully saturated rings. The maximum absolute atomic E-state index is 10.5. The zero-order valence-electron chi connectivity index (χ0n) is 11.9. The predicted octanol–water partition coefficient (Wildman–Crippen LogP) is 3.41. The molecular formula is C12H6BaCl4O6S2. The molecule has 0 radical (unpaired) electrons. The molecule has 0 heterocycles. The van der Waals surface area contributed by atoms with Gasteiger partial charge in [0, 0.05) is 10.0 Å². The molecule has 0 N–H and O–H groups in total. The Balaban J connectivity index is 0.000000443. The molecule has 0 aliphatic rings. The minimum Gasteiger partial charge on any atom is -0.744 e. The summed E-state index contributed by atoms with van der Waals surface area (Å²) in [7, 11) is -8.98. The van der Waals surface area contributed by atoms with Crippen LogP contribution in [-0.4, -0.2) is 74.8 Å². The molecule has 132 valence electrons. The van der Waals surface area contributed by atoms with Crippen LogP contribution in [0.1, 0.15) is 0 Å². The zero-order chi connectivity index (χ0) is 18.7. The number of rotatable bonds is 2. The Kier molecular flexibility index (Phi) is 10.9. The predicted molar refractivity (Wildman–Crippen MR) is 94.6 cm³/mol. The quantitative estimate of drug-likeness (QED) is 0.392. The number of hydrogen-bond donors (Lipinski definition) is 0. The molecule has 0 aliphatic heterocycles. The molecule has 0 aliphatic carbocycles. The van der Waals surface area contributed by atoms with Crippen molar-refractivity contribution in [1.82, 2.24) is 0 Å². The van der Waals surface area contributed by atoms with Gasteiger partial charge in [-0.1, -0.05) is 46.4 Å². The largest absolute Gasteiger partial charge is 2.00 e. The molecule has 2 rings (SSSR count). The summed E-state index contributed by atoms with van der Waals surface area (Å²) in [6.45, 7) is 0. The Bertz CT molecular complexity index is 884. The molecule has 0 saturated carbocycles.